The van der Waals surface area contributed by atoms with Crippen molar-refractivity contribution in [2.45, 2.75) is 206 Å². The molecule has 0 saturated carbocycles. The number of Topliss-reactive ketones (excluding diaryl/α,β-unsaturated/α-hetero) is 1. The van der Waals surface area contributed by atoms with E-state index in [9.17, 15) is 19.8 Å². The van der Waals surface area contributed by atoms with Crippen LogP contribution in [0.4, 0.5) is 0 Å². The molecule has 7 nitrogen and oxygen atoms in total. The van der Waals surface area contributed by atoms with Crippen LogP contribution in [0.25, 0.3) is 0 Å². The summed E-state index contributed by atoms with van der Waals surface area (Å²) >= 11 is 0. The van der Waals surface area contributed by atoms with Crippen molar-refractivity contribution < 1.29 is 34.8 Å². The van der Waals surface area contributed by atoms with Gasteiger partial charge in [-0.25, -0.2) is 0 Å². The van der Waals surface area contributed by atoms with Crippen molar-refractivity contribution in [3.63, 3.8) is 0 Å². The van der Waals surface area contributed by atoms with E-state index in [4.69, 9.17) is 14.9 Å². The van der Waals surface area contributed by atoms with Gasteiger partial charge in [0.25, 0.3) is 0 Å². The van der Waals surface area contributed by atoms with Crippen molar-refractivity contribution in [2.75, 3.05) is 19.8 Å². The number of rotatable bonds is 33. The van der Waals surface area contributed by atoms with Gasteiger partial charge in [0.2, 0.25) is 0 Å². The Morgan fingerprint density at radius 3 is 1.07 bits per heavy atom. The molecule has 0 amide bonds. The Hall–Kier alpha value is -1.02. The minimum atomic E-state index is -1.34. The number of carbonyl (C=O) groups excluding carboxylic acids is 2. The van der Waals surface area contributed by atoms with Gasteiger partial charge in [0.05, 0.1) is 19.8 Å². The normalized spacial score (nSPS) is 12.4. The van der Waals surface area contributed by atoms with Crippen LogP contribution in [-0.4, -0.2) is 64.2 Å². The molecule has 44 heavy (non-hydrogen) atoms. The number of esters is 1. The third-order valence-corrected chi connectivity index (χ3v) is 8.22. The zero-order valence-corrected chi connectivity index (χ0v) is 29.1. The van der Waals surface area contributed by atoms with Crippen LogP contribution in [-0.2, 0) is 14.3 Å². The van der Waals surface area contributed by atoms with Gasteiger partial charge in [0.1, 0.15) is 6.10 Å². The lowest BCUT2D eigenvalue weighted by atomic mass is 10.0. The largest absolute Gasteiger partial charge is 0.451 e. The Kier molecular flexibility index (Phi) is 39.1. The third-order valence-electron chi connectivity index (χ3n) is 8.22. The van der Waals surface area contributed by atoms with Gasteiger partial charge < -0.3 is 25.2 Å². The van der Waals surface area contributed by atoms with Crippen molar-refractivity contribution in [1.82, 2.24) is 0 Å². The lowest BCUT2D eigenvalue weighted by molar-refractivity contribution is -0.163. The second-order valence-electron chi connectivity index (χ2n) is 12.6. The first-order chi connectivity index (χ1) is 21.5. The van der Waals surface area contributed by atoms with Crippen molar-refractivity contribution in [3.8, 4) is 0 Å². The average Bonchev–Trinajstić information content (AvgIpc) is 3.03. The maximum atomic E-state index is 12.6. The summed E-state index contributed by atoms with van der Waals surface area (Å²) in [5.41, 5.74) is 0. The van der Waals surface area contributed by atoms with Gasteiger partial charge >= 0.3 is 5.97 Å². The summed E-state index contributed by atoms with van der Waals surface area (Å²) in [6.45, 7) is 3.68. The summed E-state index contributed by atoms with van der Waals surface area (Å²) in [5, 5.41) is 34.7. The molecule has 2 atom stereocenters. The SMILES string of the molecule is CCCCCCCCCCCCCCCC(=O)OC(C(=O)CCCCCCCCCCCCCCC)C(O)CO.OCCO. The Bertz CT molecular complexity index is 582. The molecule has 0 rings (SSSR count). The minimum Gasteiger partial charge on any atom is -0.451 e. The van der Waals surface area contributed by atoms with Crippen LogP contribution in [0.3, 0.4) is 0 Å². The zero-order chi connectivity index (χ0) is 32.9. The van der Waals surface area contributed by atoms with Crippen LogP contribution in [0.5, 0.6) is 0 Å². The van der Waals surface area contributed by atoms with Gasteiger partial charge in [-0.3, -0.25) is 9.59 Å². The molecule has 0 bridgehead atoms. The quantitative estimate of drug-likeness (QED) is 0.0422. The minimum absolute atomic E-state index is 0.125. The Morgan fingerprint density at radius 2 is 0.773 bits per heavy atom. The average molecular weight is 631 g/mol. The highest BCUT2D eigenvalue weighted by molar-refractivity contribution is 5.86. The highest BCUT2D eigenvalue weighted by Gasteiger charge is 2.29. The summed E-state index contributed by atoms with van der Waals surface area (Å²) in [7, 11) is 0. The highest BCUT2D eigenvalue weighted by Crippen LogP contribution is 2.16. The molecule has 0 aliphatic rings. The van der Waals surface area contributed by atoms with Crippen LogP contribution in [0.2, 0.25) is 0 Å². The number of ketones is 1. The third kappa shape index (κ3) is 33.9. The maximum absolute atomic E-state index is 12.6. The summed E-state index contributed by atoms with van der Waals surface area (Å²) in [5.74, 6) is -0.720. The van der Waals surface area contributed by atoms with Crippen molar-refractivity contribution in [1.29, 1.82) is 0 Å². The number of carbonyl (C=O) groups is 2. The molecule has 0 fully saturated rings. The summed E-state index contributed by atoms with van der Waals surface area (Å²) in [6, 6.07) is 0. The van der Waals surface area contributed by atoms with Crippen LogP contribution in [0.15, 0.2) is 0 Å². The van der Waals surface area contributed by atoms with Gasteiger partial charge in [-0.1, -0.05) is 168 Å². The second-order valence-corrected chi connectivity index (χ2v) is 12.6. The lowest BCUT2D eigenvalue weighted by Gasteiger charge is -2.20. The Morgan fingerprint density at radius 1 is 0.477 bits per heavy atom. The predicted octanol–water partition coefficient (Wildman–Crippen LogP) is 8.75. The molecule has 264 valence electrons. The monoisotopic (exact) mass is 631 g/mol. The molecule has 0 aromatic carbocycles. The fourth-order valence-corrected chi connectivity index (χ4v) is 5.40. The second kappa shape index (κ2) is 38.2. The Labute approximate surface area is 271 Å². The van der Waals surface area contributed by atoms with Gasteiger partial charge in [0, 0.05) is 12.8 Å². The molecule has 2 unspecified atom stereocenters. The number of hydrogen-bond donors (Lipinski definition) is 4. The topological polar surface area (TPSA) is 124 Å². The number of aliphatic hydroxyl groups is 4. The van der Waals surface area contributed by atoms with Gasteiger partial charge in [-0.05, 0) is 12.8 Å². The fraction of sp³-hybridized carbons (Fsp3) is 0.946. The van der Waals surface area contributed by atoms with Crippen molar-refractivity contribution >= 4 is 11.8 Å². The van der Waals surface area contributed by atoms with E-state index >= 15 is 0 Å². The molecule has 4 N–H and O–H groups in total. The van der Waals surface area contributed by atoms with E-state index in [2.05, 4.69) is 13.8 Å². The van der Waals surface area contributed by atoms with E-state index in [1.54, 1.807) is 0 Å². The first kappa shape index (κ1) is 45.1. The fourth-order valence-electron chi connectivity index (χ4n) is 5.40. The lowest BCUT2D eigenvalue weighted by Crippen LogP contribution is -2.40. The summed E-state index contributed by atoms with van der Waals surface area (Å²) < 4.78 is 5.34. The Balaban J connectivity index is 0. The molecule has 0 saturated heterocycles. The van der Waals surface area contributed by atoms with Gasteiger partial charge in [0.15, 0.2) is 11.9 Å². The summed E-state index contributed by atoms with van der Waals surface area (Å²) in [6.07, 6.45) is 30.1. The number of hydrogen-bond acceptors (Lipinski definition) is 7. The van der Waals surface area contributed by atoms with Crippen LogP contribution < -0.4 is 0 Å². The van der Waals surface area contributed by atoms with Gasteiger partial charge in [-0.2, -0.15) is 0 Å². The van der Waals surface area contributed by atoms with Crippen molar-refractivity contribution in [3.05, 3.63) is 0 Å². The molecular formula is C37H74O7. The molecule has 7 heteroatoms. The van der Waals surface area contributed by atoms with E-state index in [0.717, 1.165) is 38.5 Å². The smallest absolute Gasteiger partial charge is 0.306 e. The highest BCUT2D eigenvalue weighted by atomic mass is 16.6. The van der Waals surface area contributed by atoms with Gasteiger partial charge in [-0.15, -0.1) is 0 Å². The predicted molar refractivity (Wildman–Crippen MR) is 183 cm³/mol. The van der Waals surface area contributed by atoms with Crippen LogP contribution >= 0.6 is 0 Å². The van der Waals surface area contributed by atoms with Crippen molar-refractivity contribution in [2.24, 2.45) is 0 Å². The molecule has 0 aliphatic carbocycles. The first-order valence-electron chi connectivity index (χ1n) is 18.7. The van der Waals surface area contributed by atoms with E-state index < -0.39 is 24.8 Å². The number of aliphatic hydroxyl groups excluding tert-OH is 4. The standard InChI is InChI=1S/C35H68O5.C2H6O2/c1-3-5-7-9-11-13-15-17-19-21-23-25-27-29-32(37)35(33(38)31-36)40-34(39)30-28-26-24-22-20-18-16-14-12-10-8-6-4-2;3-1-2-4/h33,35-36,38H,3-31H2,1-2H3;3-4H,1-2H2. The van der Waals surface area contributed by atoms with E-state index in [1.165, 1.54) is 128 Å². The molecule has 0 radical (unpaired) electrons. The molecule has 0 aliphatic heterocycles. The van der Waals surface area contributed by atoms with E-state index in [-0.39, 0.29) is 31.8 Å². The van der Waals surface area contributed by atoms with E-state index in [0.29, 0.717) is 0 Å². The van der Waals surface area contributed by atoms with E-state index in [1.807, 2.05) is 0 Å². The summed E-state index contributed by atoms with van der Waals surface area (Å²) in [4.78, 5) is 24.9. The molecular weight excluding hydrogens is 556 g/mol. The number of ether oxygens (including phenoxy) is 1. The maximum Gasteiger partial charge on any atom is 0.306 e. The molecule has 0 heterocycles. The van der Waals surface area contributed by atoms with Crippen LogP contribution in [0.1, 0.15) is 194 Å². The first-order valence-corrected chi connectivity index (χ1v) is 18.7. The number of unbranched alkanes of at least 4 members (excludes halogenated alkanes) is 24. The van der Waals surface area contributed by atoms with Crippen LogP contribution in [0, 0.1) is 0 Å². The molecule has 0 aromatic rings. The molecule has 0 aromatic heterocycles. The zero-order valence-electron chi connectivity index (χ0n) is 29.1. The molecule has 0 spiro atoms.